The Morgan fingerprint density at radius 2 is 1.79 bits per heavy atom. The Kier molecular flexibility index (Phi) is 7.92. The first-order valence-electron chi connectivity index (χ1n) is 9.34. The molecule has 7 nitrogen and oxygen atoms in total. The maximum Gasteiger partial charge on any atom is 0.338 e. The van der Waals surface area contributed by atoms with Crippen LogP contribution in [0.4, 0.5) is 5.69 Å². The maximum atomic E-state index is 12.5. The molecular formula is C21H26N2O5S. The van der Waals surface area contributed by atoms with Crippen molar-refractivity contribution < 1.29 is 22.7 Å². The zero-order chi connectivity index (χ0) is 21.4. The van der Waals surface area contributed by atoms with Gasteiger partial charge in [-0.2, -0.15) is 0 Å². The minimum Gasteiger partial charge on any atom is -0.462 e. The lowest BCUT2D eigenvalue weighted by molar-refractivity contribution is -0.116. The van der Waals surface area contributed by atoms with Gasteiger partial charge in [-0.1, -0.05) is 24.3 Å². The SMILES string of the molecule is CCOC(=O)c1ccc(C)c(NC(=O)CCCN(C)S(=O)(=O)c2ccccc2)c1. The fourth-order valence-electron chi connectivity index (χ4n) is 2.67. The maximum absolute atomic E-state index is 12.5. The number of anilines is 1. The van der Waals surface area contributed by atoms with Gasteiger partial charge in [0.1, 0.15) is 0 Å². The highest BCUT2D eigenvalue weighted by atomic mass is 32.2. The van der Waals surface area contributed by atoms with Crippen LogP contribution in [0.25, 0.3) is 0 Å². The van der Waals surface area contributed by atoms with E-state index < -0.39 is 16.0 Å². The number of esters is 1. The van der Waals surface area contributed by atoms with Crippen molar-refractivity contribution in [3.63, 3.8) is 0 Å². The number of ether oxygens (including phenoxy) is 1. The van der Waals surface area contributed by atoms with E-state index >= 15 is 0 Å². The van der Waals surface area contributed by atoms with Crippen molar-refractivity contribution in [2.24, 2.45) is 0 Å². The molecule has 2 rings (SSSR count). The molecular weight excluding hydrogens is 392 g/mol. The molecule has 1 N–H and O–H groups in total. The summed E-state index contributed by atoms with van der Waals surface area (Å²) in [7, 11) is -2.08. The fourth-order valence-corrected chi connectivity index (χ4v) is 3.90. The summed E-state index contributed by atoms with van der Waals surface area (Å²) in [5.41, 5.74) is 1.71. The molecule has 156 valence electrons. The molecule has 0 spiro atoms. The van der Waals surface area contributed by atoms with Crippen molar-refractivity contribution in [3.05, 3.63) is 59.7 Å². The Labute approximate surface area is 171 Å². The molecule has 0 aromatic heterocycles. The summed E-state index contributed by atoms with van der Waals surface area (Å²) < 4.78 is 31.2. The van der Waals surface area contributed by atoms with Gasteiger partial charge < -0.3 is 10.1 Å². The molecule has 2 aromatic carbocycles. The number of benzene rings is 2. The van der Waals surface area contributed by atoms with Gasteiger partial charge in [0.2, 0.25) is 15.9 Å². The highest BCUT2D eigenvalue weighted by molar-refractivity contribution is 7.89. The predicted molar refractivity (Wildman–Crippen MR) is 111 cm³/mol. The smallest absolute Gasteiger partial charge is 0.338 e. The molecule has 29 heavy (non-hydrogen) atoms. The van der Waals surface area contributed by atoms with E-state index in [1.807, 2.05) is 6.92 Å². The minimum absolute atomic E-state index is 0.151. The zero-order valence-electron chi connectivity index (χ0n) is 16.8. The van der Waals surface area contributed by atoms with Crippen LogP contribution in [0.2, 0.25) is 0 Å². The van der Waals surface area contributed by atoms with Crippen molar-refractivity contribution in [1.82, 2.24) is 4.31 Å². The van der Waals surface area contributed by atoms with Crippen LogP contribution in [0, 0.1) is 6.92 Å². The van der Waals surface area contributed by atoms with E-state index in [0.29, 0.717) is 17.7 Å². The van der Waals surface area contributed by atoms with E-state index in [2.05, 4.69) is 5.32 Å². The summed E-state index contributed by atoms with van der Waals surface area (Å²) in [6.07, 6.45) is 0.517. The first-order chi connectivity index (χ1) is 13.8. The number of nitrogens with zero attached hydrogens (tertiary/aromatic N) is 1. The van der Waals surface area contributed by atoms with E-state index in [-0.39, 0.29) is 30.4 Å². The minimum atomic E-state index is -3.57. The summed E-state index contributed by atoms with van der Waals surface area (Å²) in [6.45, 7) is 4.04. The lowest BCUT2D eigenvalue weighted by Gasteiger charge is -2.17. The second-order valence-electron chi connectivity index (χ2n) is 6.54. The number of hydrogen-bond acceptors (Lipinski definition) is 5. The van der Waals surface area contributed by atoms with Crippen molar-refractivity contribution >= 4 is 27.6 Å². The molecule has 0 unspecified atom stereocenters. The first kappa shape index (κ1) is 22.6. The molecule has 0 fully saturated rings. The van der Waals surface area contributed by atoms with Crippen molar-refractivity contribution in [1.29, 1.82) is 0 Å². The third-order valence-electron chi connectivity index (χ3n) is 4.35. The van der Waals surface area contributed by atoms with Gasteiger partial charge in [0, 0.05) is 25.7 Å². The first-order valence-corrected chi connectivity index (χ1v) is 10.8. The zero-order valence-corrected chi connectivity index (χ0v) is 17.7. The van der Waals surface area contributed by atoms with E-state index in [0.717, 1.165) is 5.56 Å². The number of hydrogen-bond donors (Lipinski definition) is 1. The van der Waals surface area contributed by atoms with Gasteiger partial charge >= 0.3 is 5.97 Å². The van der Waals surface area contributed by atoms with Gasteiger partial charge in [-0.3, -0.25) is 4.79 Å². The summed E-state index contributed by atoms with van der Waals surface area (Å²) in [4.78, 5) is 24.4. The van der Waals surface area contributed by atoms with Gasteiger partial charge in [0.15, 0.2) is 0 Å². The van der Waals surface area contributed by atoms with Crippen LogP contribution in [0.3, 0.4) is 0 Å². The Morgan fingerprint density at radius 1 is 1.10 bits per heavy atom. The lowest BCUT2D eigenvalue weighted by Crippen LogP contribution is -2.28. The van der Waals surface area contributed by atoms with Crippen LogP contribution in [0.1, 0.15) is 35.7 Å². The second kappa shape index (κ2) is 10.2. The molecule has 0 heterocycles. The molecule has 0 aliphatic heterocycles. The Balaban J connectivity index is 1.92. The highest BCUT2D eigenvalue weighted by Gasteiger charge is 2.20. The molecule has 0 aliphatic carbocycles. The number of aryl methyl sites for hydroxylation is 1. The molecule has 0 saturated heterocycles. The number of nitrogens with one attached hydrogen (secondary N) is 1. The summed E-state index contributed by atoms with van der Waals surface area (Å²) in [6, 6.07) is 13.1. The third-order valence-corrected chi connectivity index (χ3v) is 6.22. The Hall–Kier alpha value is -2.71. The van der Waals surface area contributed by atoms with Crippen LogP contribution in [0.5, 0.6) is 0 Å². The summed E-state index contributed by atoms with van der Waals surface area (Å²) in [5.74, 6) is -0.699. The van der Waals surface area contributed by atoms with Crippen LogP contribution in [-0.4, -0.2) is 44.8 Å². The number of amides is 1. The molecule has 2 aromatic rings. The lowest BCUT2D eigenvalue weighted by atomic mass is 10.1. The Morgan fingerprint density at radius 3 is 2.45 bits per heavy atom. The summed E-state index contributed by atoms with van der Waals surface area (Å²) in [5, 5.41) is 2.78. The van der Waals surface area contributed by atoms with E-state index in [4.69, 9.17) is 4.74 Å². The Bertz CT molecular complexity index is 958. The van der Waals surface area contributed by atoms with Gasteiger partial charge in [0.25, 0.3) is 0 Å². The summed E-state index contributed by atoms with van der Waals surface area (Å²) >= 11 is 0. The van der Waals surface area contributed by atoms with Crippen LogP contribution in [0.15, 0.2) is 53.4 Å². The van der Waals surface area contributed by atoms with E-state index in [9.17, 15) is 18.0 Å². The largest absolute Gasteiger partial charge is 0.462 e. The molecule has 1 amide bonds. The quantitative estimate of drug-likeness (QED) is 0.631. The van der Waals surface area contributed by atoms with E-state index in [1.165, 1.54) is 23.5 Å². The van der Waals surface area contributed by atoms with Gasteiger partial charge in [-0.25, -0.2) is 17.5 Å². The van der Waals surface area contributed by atoms with Crippen LogP contribution in [-0.2, 0) is 19.6 Å². The molecule has 0 saturated carbocycles. The third kappa shape index (κ3) is 6.13. The predicted octanol–water partition coefficient (Wildman–Crippen LogP) is 3.21. The molecule has 0 radical (unpaired) electrons. The van der Waals surface area contributed by atoms with Crippen molar-refractivity contribution in [2.75, 3.05) is 25.5 Å². The van der Waals surface area contributed by atoms with Gasteiger partial charge in [-0.05, 0) is 50.1 Å². The standard InChI is InChI=1S/C21H26N2O5S/c1-4-28-21(25)17-13-12-16(2)19(15-17)22-20(24)11-8-14-23(3)29(26,27)18-9-6-5-7-10-18/h5-7,9-10,12-13,15H,4,8,11,14H2,1-3H3,(H,22,24). The normalized spacial score (nSPS) is 11.3. The topological polar surface area (TPSA) is 92.8 Å². The monoisotopic (exact) mass is 418 g/mol. The van der Waals surface area contributed by atoms with Crippen molar-refractivity contribution in [3.8, 4) is 0 Å². The highest BCUT2D eigenvalue weighted by Crippen LogP contribution is 2.19. The molecule has 0 atom stereocenters. The average Bonchev–Trinajstić information content (AvgIpc) is 2.70. The van der Waals surface area contributed by atoms with Crippen LogP contribution < -0.4 is 5.32 Å². The number of rotatable bonds is 9. The molecule has 0 bridgehead atoms. The molecule has 0 aliphatic rings. The molecule has 8 heteroatoms. The number of carbonyl (C=O) groups excluding carboxylic acids is 2. The second-order valence-corrected chi connectivity index (χ2v) is 8.59. The van der Waals surface area contributed by atoms with Gasteiger partial charge in [-0.15, -0.1) is 0 Å². The number of carbonyl (C=O) groups is 2. The van der Waals surface area contributed by atoms with Crippen molar-refractivity contribution in [2.45, 2.75) is 31.6 Å². The van der Waals surface area contributed by atoms with Crippen LogP contribution >= 0.6 is 0 Å². The average molecular weight is 419 g/mol. The fraction of sp³-hybridized carbons (Fsp3) is 0.333. The van der Waals surface area contributed by atoms with Gasteiger partial charge in [0.05, 0.1) is 17.1 Å². The van der Waals surface area contributed by atoms with E-state index in [1.54, 1.807) is 43.3 Å². The number of sulfonamides is 1.